The minimum atomic E-state index is -0.728. The number of para-hydroxylation sites is 2. The number of nitrogens with one attached hydrogen (secondary N) is 2. The quantitative estimate of drug-likeness (QED) is 0.521. The van der Waals surface area contributed by atoms with Gasteiger partial charge in [-0.1, -0.05) is 19.1 Å². The summed E-state index contributed by atoms with van der Waals surface area (Å²) in [6.45, 7) is 8.03. The summed E-state index contributed by atoms with van der Waals surface area (Å²) in [5, 5.41) is 2.86. The number of ether oxygens (including phenoxy) is 2. The molecule has 2 aromatic rings. The lowest BCUT2D eigenvalue weighted by Crippen LogP contribution is -2.53. The van der Waals surface area contributed by atoms with E-state index >= 15 is 0 Å². The van der Waals surface area contributed by atoms with Crippen molar-refractivity contribution in [1.82, 2.24) is 10.3 Å². The number of benzene rings is 1. The number of fused-ring (bicyclic) bond motifs is 1. The van der Waals surface area contributed by atoms with Gasteiger partial charge in [-0.2, -0.15) is 0 Å². The maximum atomic E-state index is 13.4. The van der Waals surface area contributed by atoms with Gasteiger partial charge < -0.3 is 24.7 Å². The Labute approximate surface area is 181 Å². The zero-order valence-electron chi connectivity index (χ0n) is 18.6. The highest BCUT2D eigenvalue weighted by atomic mass is 16.5. The number of esters is 1. The molecule has 1 aromatic heterocycles. The number of aromatic amines is 1. The van der Waals surface area contributed by atoms with Gasteiger partial charge in [0.1, 0.15) is 5.75 Å². The molecule has 1 aromatic carbocycles. The van der Waals surface area contributed by atoms with Crippen molar-refractivity contribution in [1.29, 1.82) is 0 Å². The second-order valence-electron chi connectivity index (χ2n) is 7.67. The summed E-state index contributed by atoms with van der Waals surface area (Å²) >= 11 is 0. The van der Waals surface area contributed by atoms with Gasteiger partial charge in [-0.25, -0.2) is 4.79 Å². The molecule has 0 saturated heterocycles. The predicted octanol–water partition coefficient (Wildman–Crippen LogP) is 2.78. The maximum Gasteiger partial charge on any atom is 0.339 e. The molecule has 0 radical (unpaired) electrons. The number of aromatic nitrogens is 1. The number of anilines is 1. The molecular formula is C23H29N3O5. The molecule has 0 aliphatic carbocycles. The van der Waals surface area contributed by atoms with Crippen molar-refractivity contribution in [3.63, 3.8) is 0 Å². The Balaban J connectivity index is 1.92. The largest absolute Gasteiger partial charge is 0.477 e. The fourth-order valence-electron chi connectivity index (χ4n) is 3.88. The second-order valence-corrected chi connectivity index (χ2v) is 7.67. The van der Waals surface area contributed by atoms with Crippen LogP contribution >= 0.6 is 0 Å². The Hall–Kier alpha value is -3.29. The van der Waals surface area contributed by atoms with Crippen molar-refractivity contribution in [2.45, 2.75) is 46.3 Å². The minimum absolute atomic E-state index is 0.180. The van der Waals surface area contributed by atoms with Crippen molar-refractivity contribution >= 4 is 23.3 Å². The number of carbonyl (C=O) groups is 3. The Bertz CT molecular complexity index is 997. The summed E-state index contributed by atoms with van der Waals surface area (Å²) in [6, 6.07) is 6.76. The van der Waals surface area contributed by atoms with Gasteiger partial charge in [0.05, 0.1) is 36.6 Å². The summed E-state index contributed by atoms with van der Waals surface area (Å²) in [4.78, 5) is 43.0. The van der Waals surface area contributed by atoms with Crippen molar-refractivity contribution in [2.24, 2.45) is 0 Å². The van der Waals surface area contributed by atoms with Gasteiger partial charge in [0.2, 0.25) is 5.78 Å². The van der Waals surface area contributed by atoms with Gasteiger partial charge in [0, 0.05) is 12.2 Å². The normalized spacial score (nSPS) is 16.2. The van der Waals surface area contributed by atoms with E-state index in [9.17, 15) is 14.4 Å². The third-order valence-corrected chi connectivity index (χ3v) is 5.57. The zero-order valence-corrected chi connectivity index (χ0v) is 18.6. The molecule has 1 aliphatic heterocycles. The van der Waals surface area contributed by atoms with E-state index in [1.165, 1.54) is 7.11 Å². The molecule has 0 unspecified atom stereocenters. The van der Waals surface area contributed by atoms with Crippen LogP contribution in [0, 0.1) is 13.8 Å². The molecule has 0 fully saturated rings. The minimum Gasteiger partial charge on any atom is -0.477 e. The SMILES string of the molecule is CCCNC(=O)[C@@H]1CN([C@@H](C)C(=O)c2[nH]c(C)c(C(=O)OC)c2C)c2ccccc2O1. The predicted molar refractivity (Wildman–Crippen MR) is 117 cm³/mol. The molecule has 166 valence electrons. The molecule has 8 nitrogen and oxygen atoms in total. The van der Waals surface area contributed by atoms with E-state index in [0.717, 1.165) is 12.1 Å². The molecule has 0 bridgehead atoms. The number of hydrogen-bond donors (Lipinski definition) is 2. The number of nitrogens with zero attached hydrogens (tertiary/aromatic N) is 1. The lowest BCUT2D eigenvalue weighted by molar-refractivity contribution is -0.127. The molecule has 3 rings (SSSR count). The molecule has 0 saturated carbocycles. The monoisotopic (exact) mass is 427 g/mol. The van der Waals surface area contributed by atoms with Crippen LogP contribution in [-0.2, 0) is 9.53 Å². The fourth-order valence-corrected chi connectivity index (χ4v) is 3.88. The number of amides is 1. The van der Waals surface area contributed by atoms with Crippen LogP contribution in [0.1, 0.15) is 52.4 Å². The van der Waals surface area contributed by atoms with Crippen molar-refractivity contribution < 1.29 is 23.9 Å². The van der Waals surface area contributed by atoms with Gasteiger partial charge >= 0.3 is 5.97 Å². The number of carbonyl (C=O) groups excluding carboxylic acids is 3. The van der Waals surface area contributed by atoms with Crippen LogP contribution in [0.5, 0.6) is 5.75 Å². The third-order valence-electron chi connectivity index (χ3n) is 5.57. The number of ketones is 1. The van der Waals surface area contributed by atoms with Crippen LogP contribution < -0.4 is 15.0 Å². The van der Waals surface area contributed by atoms with Gasteiger partial charge in [-0.3, -0.25) is 9.59 Å². The summed E-state index contributed by atoms with van der Waals surface area (Å²) in [7, 11) is 1.31. The molecule has 2 atom stereocenters. The lowest BCUT2D eigenvalue weighted by Gasteiger charge is -2.38. The molecular weight excluding hydrogens is 398 g/mol. The first kappa shape index (κ1) is 22.4. The average Bonchev–Trinajstić information content (AvgIpc) is 3.08. The Morgan fingerprint density at radius 1 is 1.29 bits per heavy atom. The van der Waals surface area contributed by atoms with Gasteiger partial charge in [-0.15, -0.1) is 0 Å². The molecule has 1 aliphatic rings. The van der Waals surface area contributed by atoms with Crippen LogP contribution in [-0.4, -0.2) is 55.0 Å². The Morgan fingerprint density at radius 3 is 2.68 bits per heavy atom. The topological polar surface area (TPSA) is 101 Å². The summed E-state index contributed by atoms with van der Waals surface area (Å²) in [6.07, 6.45) is 0.0931. The Morgan fingerprint density at radius 2 is 2.00 bits per heavy atom. The van der Waals surface area contributed by atoms with Crippen LogP contribution in [0.4, 0.5) is 5.69 Å². The summed E-state index contributed by atoms with van der Waals surface area (Å²) in [5.74, 6) is -0.317. The first-order chi connectivity index (χ1) is 14.8. The first-order valence-electron chi connectivity index (χ1n) is 10.4. The van der Waals surface area contributed by atoms with Crippen molar-refractivity contribution in [3.8, 4) is 5.75 Å². The van der Waals surface area contributed by atoms with E-state index in [-0.39, 0.29) is 18.2 Å². The molecule has 2 heterocycles. The highest BCUT2D eigenvalue weighted by molar-refractivity contribution is 6.05. The van der Waals surface area contributed by atoms with Gasteiger partial charge in [-0.05, 0) is 44.9 Å². The van der Waals surface area contributed by atoms with Gasteiger partial charge in [0.15, 0.2) is 6.10 Å². The highest BCUT2D eigenvalue weighted by Gasteiger charge is 2.36. The number of hydrogen-bond acceptors (Lipinski definition) is 6. The summed E-state index contributed by atoms with van der Waals surface area (Å²) in [5.41, 5.74) is 2.62. The second kappa shape index (κ2) is 9.24. The van der Waals surface area contributed by atoms with E-state index in [2.05, 4.69) is 10.3 Å². The first-order valence-corrected chi connectivity index (χ1v) is 10.4. The maximum absolute atomic E-state index is 13.4. The van der Waals surface area contributed by atoms with E-state index < -0.39 is 18.1 Å². The van der Waals surface area contributed by atoms with Crippen molar-refractivity contribution in [3.05, 3.63) is 46.8 Å². The smallest absolute Gasteiger partial charge is 0.339 e. The molecule has 0 spiro atoms. The standard InChI is InChI=1S/C23H29N3O5/c1-6-11-24-22(28)18-12-26(16-9-7-8-10-17(16)31-18)15(4)21(27)20-13(2)19(14(3)25-20)23(29)30-5/h7-10,15,18,25H,6,11-12H2,1-5H3,(H,24,28)/t15-,18-/m0/s1. The number of methoxy groups -OCH3 is 1. The van der Waals surface area contributed by atoms with Crippen LogP contribution in [0.3, 0.4) is 0 Å². The molecule has 2 N–H and O–H groups in total. The number of rotatable bonds is 7. The van der Waals surface area contributed by atoms with Crippen LogP contribution in [0.2, 0.25) is 0 Å². The van der Waals surface area contributed by atoms with E-state index in [4.69, 9.17) is 9.47 Å². The van der Waals surface area contributed by atoms with E-state index in [1.54, 1.807) is 26.8 Å². The number of Topliss-reactive ketones (excluding diaryl/α,β-unsaturated/α-hetero) is 1. The highest BCUT2D eigenvalue weighted by Crippen LogP contribution is 2.35. The van der Waals surface area contributed by atoms with Crippen molar-refractivity contribution in [2.75, 3.05) is 25.1 Å². The van der Waals surface area contributed by atoms with E-state index in [0.29, 0.717) is 34.8 Å². The van der Waals surface area contributed by atoms with E-state index in [1.807, 2.05) is 30.0 Å². The fraction of sp³-hybridized carbons (Fsp3) is 0.435. The number of H-pyrrole nitrogens is 1. The number of aryl methyl sites for hydroxylation is 1. The lowest BCUT2D eigenvalue weighted by atomic mass is 10.0. The average molecular weight is 428 g/mol. The molecule has 8 heteroatoms. The van der Waals surface area contributed by atoms with Crippen LogP contribution in [0.15, 0.2) is 24.3 Å². The molecule has 31 heavy (non-hydrogen) atoms. The summed E-state index contributed by atoms with van der Waals surface area (Å²) < 4.78 is 10.8. The van der Waals surface area contributed by atoms with Gasteiger partial charge in [0.25, 0.3) is 5.91 Å². The zero-order chi connectivity index (χ0) is 22.7. The third kappa shape index (κ3) is 4.28. The molecule has 1 amide bonds. The van der Waals surface area contributed by atoms with Crippen LogP contribution in [0.25, 0.3) is 0 Å². The Kier molecular flexibility index (Phi) is 6.68.